The predicted molar refractivity (Wildman–Crippen MR) is 89.0 cm³/mol. The Kier molecular flexibility index (Phi) is 5.19. The first-order valence-electron chi connectivity index (χ1n) is 7.07. The van der Waals surface area contributed by atoms with E-state index < -0.39 is 0 Å². The largest absolute Gasteiger partial charge is 0.486 e. The quantitative estimate of drug-likeness (QED) is 0.761. The fraction of sp³-hybridized carbons (Fsp3) is 0.357. The number of ether oxygens (including phenoxy) is 2. The molecule has 0 fully saturated rings. The fourth-order valence-corrected chi connectivity index (χ4v) is 3.50. The van der Waals surface area contributed by atoms with Gasteiger partial charge in [0.2, 0.25) is 11.0 Å². The van der Waals surface area contributed by atoms with Crippen molar-refractivity contribution >= 4 is 34.1 Å². The number of nitrogen functional groups attached to an aromatic ring is 1. The van der Waals surface area contributed by atoms with Crippen LogP contribution in [0.15, 0.2) is 28.6 Å². The van der Waals surface area contributed by atoms with Crippen LogP contribution >= 0.6 is 23.1 Å². The highest BCUT2D eigenvalue weighted by Crippen LogP contribution is 2.31. The van der Waals surface area contributed by atoms with Gasteiger partial charge in [0, 0.05) is 13.0 Å². The molecule has 1 atom stereocenters. The van der Waals surface area contributed by atoms with Gasteiger partial charge in [-0.2, -0.15) is 0 Å². The minimum absolute atomic E-state index is 0.0547. The van der Waals surface area contributed by atoms with E-state index in [4.69, 9.17) is 15.2 Å². The lowest BCUT2D eigenvalue weighted by Gasteiger charge is -2.26. The number of amides is 1. The molecule has 0 aliphatic carbocycles. The Hall–Kier alpha value is -2.00. The van der Waals surface area contributed by atoms with Crippen molar-refractivity contribution in [3.05, 3.63) is 24.3 Å². The Morgan fingerprint density at radius 3 is 3.00 bits per heavy atom. The van der Waals surface area contributed by atoms with Crippen LogP contribution in [-0.2, 0) is 4.79 Å². The molecule has 3 N–H and O–H groups in total. The Labute approximate surface area is 141 Å². The summed E-state index contributed by atoms with van der Waals surface area (Å²) in [4.78, 5) is 11.8. The molecule has 122 valence electrons. The number of nitrogens with two attached hydrogens (primary N) is 1. The standard InChI is InChI=1S/C14H16N4O3S2/c15-13-17-18-14(23-13)22-8-12(19)16-6-5-9-7-20-10-3-1-2-4-11(10)21-9/h1-4,9H,5-8H2,(H2,15,17)(H,16,19). The molecule has 1 aliphatic rings. The van der Waals surface area contributed by atoms with Crippen LogP contribution in [0.1, 0.15) is 6.42 Å². The smallest absolute Gasteiger partial charge is 0.230 e. The van der Waals surface area contributed by atoms with E-state index in [1.165, 1.54) is 23.1 Å². The van der Waals surface area contributed by atoms with Gasteiger partial charge in [0.25, 0.3) is 0 Å². The van der Waals surface area contributed by atoms with Crippen LogP contribution in [0.4, 0.5) is 5.13 Å². The van der Waals surface area contributed by atoms with Crippen molar-refractivity contribution in [2.45, 2.75) is 16.9 Å². The maximum atomic E-state index is 11.8. The van der Waals surface area contributed by atoms with Crippen LogP contribution in [0.25, 0.3) is 0 Å². The van der Waals surface area contributed by atoms with Gasteiger partial charge < -0.3 is 20.5 Å². The number of rotatable bonds is 6. The number of fused-ring (bicyclic) bond motifs is 1. The Bertz CT molecular complexity index is 680. The number of aromatic nitrogens is 2. The van der Waals surface area contributed by atoms with Crippen molar-refractivity contribution in [1.82, 2.24) is 15.5 Å². The van der Waals surface area contributed by atoms with E-state index in [1.54, 1.807) is 0 Å². The monoisotopic (exact) mass is 352 g/mol. The molecule has 0 bridgehead atoms. The molecule has 2 heterocycles. The van der Waals surface area contributed by atoms with Crippen molar-refractivity contribution in [1.29, 1.82) is 0 Å². The molecule has 9 heteroatoms. The third-order valence-corrected chi connectivity index (χ3v) is 4.99. The molecule has 1 unspecified atom stereocenters. The van der Waals surface area contributed by atoms with Gasteiger partial charge in [-0.1, -0.05) is 35.2 Å². The summed E-state index contributed by atoms with van der Waals surface area (Å²) in [7, 11) is 0. The number of carbonyl (C=O) groups is 1. The predicted octanol–water partition coefficient (Wildman–Crippen LogP) is 1.56. The van der Waals surface area contributed by atoms with Gasteiger partial charge in [-0.15, -0.1) is 10.2 Å². The zero-order valence-electron chi connectivity index (χ0n) is 12.2. The maximum absolute atomic E-state index is 11.8. The first-order valence-corrected chi connectivity index (χ1v) is 8.88. The van der Waals surface area contributed by atoms with E-state index >= 15 is 0 Å². The SMILES string of the molecule is Nc1nnc(SCC(=O)NCCC2COc3ccccc3O2)s1. The molecule has 0 saturated carbocycles. The molecule has 0 radical (unpaired) electrons. The Balaban J connectivity index is 1.36. The van der Waals surface area contributed by atoms with Crippen LogP contribution in [0.2, 0.25) is 0 Å². The normalized spacial score (nSPS) is 16.1. The highest BCUT2D eigenvalue weighted by Gasteiger charge is 2.20. The van der Waals surface area contributed by atoms with Gasteiger partial charge in [0.1, 0.15) is 12.7 Å². The van der Waals surface area contributed by atoms with Crippen molar-refractivity contribution in [2.75, 3.05) is 24.6 Å². The van der Waals surface area contributed by atoms with Gasteiger partial charge in [0.05, 0.1) is 5.75 Å². The van der Waals surface area contributed by atoms with E-state index in [9.17, 15) is 4.79 Å². The van der Waals surface area contributed by atoms with Crippen molar-refractivity contribution in [3.8, 4) is 11.5 Å². The van der Waals surface area contributed by atoms with E-state index in [1.807, 2.05) is 24.3 Å². The topological polar surface area (TPSA) is 99.4 Å². The van der Waals surface area contributed by atoms with Gasteiger partial charge in [0.15, 0.2) is 15.8 Å². The summed E-state index contributed by atoms with van der Waals surface area (Å²) >= 11 is 2.59. The molecular weight excluding hydrogens is 336 g/mol. The maximum Gasteiger partial charge on any atom is 0.230 e. The van der Waals surface area contributed by atoms with Crippen LogP contribution in [0.5, 0.6) is 11.5 Å². The number of nitrogens with zero attached hydrogens (tertiary/aromatic N) is 2. The van der Waals surface area contributed by atoms with Crippen LogP contribution in [-0.4, -0.2) is 41.1 Å². The lowest BCUT2D eigenvalue weighted by Crippen LogP contribution is -2.34. The van der Waals surface area contributed by atoms with E-state index in [2.05, 4.69) is 15.5 Å². The summed E-state index contributed by atoms with van der Waals surface area (Å²) in [6.07, 6.45) is 0.636. The molecule has 7 nitrogen and oxygen atoms in total. The van der Waals surface area contributed by atoms with E-state index in [0.29, 0.717) is 34.8 Å². The summed E-state index contributed by atoms with van der Waals surface area (Å²) in [6.45, 7) is 1.03. The van der Waals surface area contributed by atoms with Crippen LogP contribution < -0.4 is 20.5 Å². The molecule has 1 aromatic heterocycles. The van der Waals surface area contributed by atoms with Gasteiger partial charge in [-0.3, -0.25) is 4.79 Å². The number of carbonyl (C=O) groups excluding carboxylic acids is 1. The second-order valence-electron chi connectivity index (χ2n) is 4.83. The third-order valence-electron chi connectivity index (χ3n) is 3.10. The molecule has 0 spiro atoms. The molecular formula is C14H16N4O3S2. The van der Waals surface area contributed by atoms with Crippen LogP contribution in [0.3, 0.4) is 0 Å². The molecule has 0 saturated heterocycles. The Morgan fingerprint density at radius 1 is 1.39 bits per heavy atom. The van der Waals surface area contributed by atoms with Crippen molar-refractivity contribution < 1.29 is 14.3 Å². The minimum Gasteiger partial charge on any atom is -0.486 e. The van der Waals surface area contributed by atoms with Gasteiger partial charge in [-0.05, 0) is 12.1 Å². The molecule has 1 amide bonds. The number of thioether (sulfide) groups is 1. The van der Waals surface area contributed by atoms with E-state index in [-0.39, 0.29) is 12.0 Å². The zero-order valence-corrected chi connectivity index (χ0v) is 13.9. The number of benzene rings is 1. The summed E-state index contributed by atoms with van der Waals surface area (Å²) in [5.41, 5.74) is 5.49. The molecule has 1 aromatic carbocycles. The first kappa shape index (κ1) is 15.9. The molecule has 23 heavy (non-hydrogen) atoms. The minimum atomic E-state index is -0.0548. The average molecular weight is 352 g/mol. The molecule has 1 aliphatic heterocycles. The van der Waals surface area contributed by atoms with Crippen molar-refractivity contribution in [3.63, 3.8) is 0 Å². The average Bonchev–Trinajstić information content (AvgIpc) is 2.98. The first-order chi connectivity index (χ1) is 11.2. The Morgan fingerprint density at radius 2 is 2.22 bits per heavy atom. The number of anilines is 1. The summed E-state index contributed by atoms with van der Waals surface area (Å²) in [5.74, 6) is 1.75. The van der Waals surface area contributed by atoms with Gasteiger partial charge >= 0.3 is 0 Å². The van der Waals surface area contributed by atoms with E-state index in [0.717, 1.165) is 11.5 Å². The lowest BCUT2D eigenvalue weighted by molar-refractivity contribution is -0.118. The number of hydrogen-bond donors (Lipinski definition) is 2. The summed E-state index contributed by atoms with van der Waals surface area (Å²) < 4.78 is 12.2. The highest BCUT2D eigenvalue weighted by molar-refractivity contribution is 8.01. The summed E-state index contributed by atoms with van der Waals surface area (Å²) in [5, 5.41) is 10.8. The third kappa shape index (κ3) is 4.49. The number of hydrogen-bond acceptors (Lipinski definition) is 8. The van der Waals surface area contributed by atoms with Crippen molar-refractivity contribution in [2.24, 2.45) is 0 Å². The second kappa shape index (κ2) is 7.51. The fourth-order valence-electron chi connectivity index (χ4n) is 2.03. The highest BCUT2D eigenvalue weighted by atomic mass is 32.2. The summed E-state index contributed by atoms with van der Waals surface area (Å²) in [6, 6.07) is 7.57. The number of nitrogens with one attached hydrogen (secondary N) is 1. The van der Waals surface area contributed by atoms with Crippen LogP contribution in [0, 0.1) is 0 Å². The lowest BCUT2D eigenvalue weighted by atomic mass is 10.2. The zero-order chi connectivity index (χ0) is 16.1. The number of para-hydroxylation sites is 2. The van der Waals surface area contributed by atoms with Gasteiger partial charge in [-0.25, -0.2) is 0 Å². The molecule has 3 rings (SSSR count). The second-order valence-corrected chi connectivity index (χ2v) is 7.06. The molecule has 2 aromatic rings.